The molecule has 0 saturated carbocycles. The molecule has 1 heterocycles. The zero-order valence-corrected chi connectivity index (χ0v) is 13.8. The van der Waals surface area contributed by atoms with Gasteiger partial charge in [-0.05, 0) is 19.4 Å². The molecule has 0 aliphatic heterocycles. The van der Waals surface area contributed by atoms with Gasteiger partial charge < -0.3 is 15.8 Å². The van der Waals surface area contributed by atoms with Gasteiger partial charge in [0.15, 0.2) is 0 Å². The maximum atomic E-state index is 12.4. The van der Waals surface area contributed by atoms with Crippen molar-refractivity contribution >= 4 is 11.7 Å². The number of aromatic nitrogens is 2. The van der Waals surface area contributed by atoms with Crippen LogP contribution in [0.5, 0.6) is 0 Å². The van der Waals surface area contributed by atoms with E-state index in [1.807, 2.05) is 31.2 Å². The number of rotatable bonds is 5. The third kappa shape index (κ3) is 3.32. The SMILES string of the molecule is CCNc1c(C(=O)NCc2ccc(C)cc2)c(=O)n(O)c(=O)n1C. The van der Waals surface area contributed by atoms with Gasteiger partial charge in [0.05, 0.1) is 0 Å². The molecule has 2 rings (SSSR count). The van der Waals surface area contributed by atoms with Crippen LogP contribution in [0.15, 0.2) is 33.9 Å². The minimum atomic E-state index is -1.06. The highest BCUT2D eigenvalue weighted by atomic mass is 16.5. The van der Waals surface area contributed by atoms with Crippen molar-refractivity contribution < 1.29 is 10.0 Å². The Bertz CT molecular complexity index is 865. The van der Waals surface area contributed by atoms with Crippen LogP contribution in [0.1, 0.15) is 28.4 Å². The Balaban J connectivity index is 2.36. The lowest BCUT2D eigenvalue weighted by Gasteiger charge is -2.15. The van der Waals surface area contributed by atoms with Crippen molar-refractivity contribution in [2.45, 2.75) is 20.4 Å². The monoisotopic (exact) mass is 332 g/mol. The lowest BCUT2D eigenvalue weighted by molar-refractivity contribution is 0.0938. The number of nitrogens with one attached hydrogen (secondary N) is 2. The maximum Gasteiger partial charge on any atom is 0.365 e. The largest absolute Gasteiger partial charge is 0.421 e. The van der Waals surface area contributed by atoms with E-state index in [-0.39, 0.29) is 22.7 Å². The molecule has 2 aromatic rings. The molecule has 1 amide bonds. The summed E-state index contributed by atoms with van der Waals surface area (Å²) in [7, 11) is 1.36. The first kappa shape index (κ1) is 17.3. The van der Waals surface area contributed by atoms with Crippen molar-refractivity contribution in [3.05, 3.63) is 61.8 Å². The summed E-state index contributed by atoms with van der Waals surface area (Å²) in [5, 5.41) is 15.0. The Hall–Kier alpha value is -3.03. The predicted octanol–water partition coefficient (Wildman–Crippen LogP) is 0.455. The predicted molar refractivity (Wildman–Crippen MR) is 89.6 cm³/mol. The fourth-order valence-corrected chi connectivity index (χ4v) is 2.26. The average Bonchev–Trinajstić information content (AvgIpc) is 2.57. The highest BCUT2D eigenvalue weighted by molar-refractivity contribution is 5.98. The van der Waals surface area contributed by atoms with Crippen LogP contribution in [0.3, 0.4) is 0 Å². The summed E-state index contributed by atoms with van der Waals surface area (Å²) >= 11 is 0. The molecule has 1 aromatic carbocycles. The summed E-state index contributed by atoms with van der Waals surface area (Å²) < 4.78 is 0.952. The third-order valence-corrected chi connectivity index (χ3v) is 3.59. The van der Waals surface area contributed by atoms with Gasteiger partial charge in [-0.1, -0.05) is 34.6 Å². The number of hydrogen-bond acceptors (Lipinski definition) is 5. The Morgan fingerprint density at radius 1 is 1.21 bits per heavy atom. The van der Waals surface area contributed by atoms with E-state index >= 15 is 0 Å². The molecule has 0 aliphatic carbocycles. The molecule has 0 radical (unpaired) electrons. The molecule has 0 bridgehead atoms. The Morgan fingerprint density at radius 3 is 2.42 bits per heavy atom. The molecule has 128 valence electrons. The van der Waals surface area contributed by atoms with E-state index in [2.05, 4.69) is 10.6 Å². The van der Waals surface area contributed by atoms with E-state index in [0.717, 1.165) is 15.7 Å². The van der Waals surface area contributed by atoms with Crippen molar-refractivity contribution in [2.75, 3.05) is 11.9 Å². The van der Waals surface area contributed by atoms with Gasteiger partial charge in [-0.3, -0.25) is 14.2 Å². The fraction of sp³-hybridized carbons (Fsp3) is 0.312. The van der Waals surface area contributed by atoms with Crippen molar-refractivity contribution in [2.24, 2.45) is 7.05 Å². The molecule has 0 saturated heterocycles. The third-order valence-electron chi connectivity index (χ3n) is 3.59. The van der Waals surface area contributed by atoms with E-state index in [1.165, 1.54) is 7.05 Å². The average molecular weight is 332 g/mol. The number of amides is 1. The zero-order chi connectivity index (χ0) is 17.9. The number of carbonyl (C=O) groups is 1. The van der Waals surface area contributed by atoms with Crippen LogP contribution in [0.25, 0.3) is 0 Å². The molecule has 8 nitrogen and oxygen atoms in total. The van der Waals surface area contributed by atoms with E-state index in [0.29, 0.717) is 6.54 Å². The summed E-state index contributed by atoms with van der Waals surface area (Å²) in [4.78, 5) is 36.3. The van der Waals surface area contributed by atoms with Gasteiger partial charge in [-0.25, -0.2) is 4.79 Å². The van der Waals surface area contributed by atoms with Gasteiger partial charge in [0, 0.05) is 20.1 Å². The molecule has 24 heavy (non-hydrogen) atoms. The first-order chi connectivity index (χ1) is 11.4. The standard InChI is InChI=1S/C16H20N4O4/c1-4-17-13-12(15(22)20(24)16(23)19(13)3)14(21)18-9-11-7-5-10(2)6-8-11/h5-8,17,24H,4,9H2,1-3H3,(H,18,21). The van der Waals surface area contributed by atoms with Gasteiger partial charge in [0.1, 0.15) is 11.4 Å². The van der Waals surface area contributed by atoms with Crippen LogP contribution in [0.4, 0.5) is 5.82 Å². The maximum absolute atomic E-state index is 12.4. The van der Waals surface area contributed by atoms with Crippen molar-refractivity contribution in [1.29, 1.82) is 0 Å². The van der Waals surface area contributed by atoms with Crippen molar-refractivity contribution in [3.8, 4) is 0 Å². The second-order valence-corrected chi connectivity index (χ2v) is 5.38. The first-order valence-electron chi connectivity index (χ1n) is 7.49. The summed E-state index contributed by atoms with van der Waals surface area (Å²) in [6, 6.07) is 7.56. The van der Waals surface area contributed by atoms with Gasteiger partial charge in [-0.15, -0.1) is 0 Å². The van der Waals surface area contributed by atoms with Crippen LogP contribution in [0, 0.1) is 6.92 Å². The van der Waals surface area contributed by atoms with Gasteiger partial charge in [0.2, 0.25) is 0 Å². The number of carbonyl (C=O) groups excluding carboxylic acids is 1. The molecule has 0 fully saturated rings. The van der Waals surface area contributed by atoms with Gasteiger partial charge in [-0.2, -0.15) is 0 Å². The lowest BCUT2D eigenvalue weighted by atomic mass is 10.1. The Labute approximate surface area is 138 Å². The number of benzene rings is 1. The molecule has 0 atom stereocenters. The normalized spacial score (nSPS) is 10.5. The van der Waals surface area contributed by atoms with Crippen LogP contribution >= 0.6 is 0 Å². The van der Waals surface area contributed by atoms with Crippen LogP contribution < -0.4 is 21.9 Å². The molecule has 8 heteroatoms. The van der Waals surface area contributed by atoms with E-state index in [1.54, 1.807) is 6.92 Å². The van der Waals surface area contributed by atoms with E-state index in [9.17, 15) is 19.6 Å². The van der Waals surface area contributed by atoms with Gasteiger partial charge in [0.25, 0.3) is 5.91 Å². The quantitative estimate of drug-likeness (QED) is 0.690. The van der Waals surface area contributed by atoms with Crippen LogP contribution in [-0.2, 0) is 13.6 Å². The number of nitrogens with zero attached hydrogens (tertiary/aromatic N) is 2. The van der Waals surface area contributed by atoms with E-state index < -0.39 is 17.2 Å². The Kier molecular flexibility index (Phi) is 5.08. The summed E-state index contributed by atoms with van der Waals surface area (Å²) in [5.41, 5.74) is -0.330. The number of aryl methyl sites for hydroxylation is 1. The fourth-order valence-electron chi connectivity index (χ4n) is 2.26. The van der Waals surface area contributed by atoms with Crippen LogP contribution in [0.2, 0.25) is 0 Å². The van der Waals surface area contributed by atoms with Crippen molar-refractivity contribution in [1.82, 2.24) is 14.6 Å². The number of anilines is 1. The van der Waals surface area contributed by atoms with Crippen LogP contribution in [-0.4, -0.2) is 27.0 Å². The number of hydrogen-bond donors (Lipinski definition) is 3. The minimum absolute atomic E-state index is 0.0678. The molecule has 0 spiro atoms. The summed E-state index contributed by atoms with van der Waals surface area (Å²) in [6.45, 7) is 4.35. The highest BCUT2D eigenvalue weighted by Gasteiger charge is 2.22. The first-order valence-corrected chi connectivity index (χ1v) is 7.49. The molecule has 0 aliphatic rings. The zero-order valence-electron chi connectivity index (χ0n) is 13.8. The second-order valence-electron chi connectivity index (χ2n) is 5.38. The molecular formula is C16H20N4O4. The lowest BCUT2D eigenvalue weighted by Crippen LogP contribution is -2.44. The second kappa shape index (κ2) is 7.03. The molecule has 0 unspecified atom stereocenters. The molecule has 3 N–H and O–H groups in total. The van der Waals surface area contributed by atoms with Gasteiger partial charge >= 0.3 is 11.2 Å². The highest BCUT2D eigenvalue weighted by Crippen LogP contribution is 2.09. The minimum Gasteiger partial charge on any atom is -0.421 e. The smallest absolute Gasteiger partial charge is 0.365 e. The topological polar surface area (TPSA) is 105 Å². The van der Waals surface area contributed by atoms with E-state index in [4.69, 9.17) is 0 Å². The summed E-state index contributed by atoms with van der Waals surface area (Å²) in [6.07, 6.45) is 0. The molecule has 1 aromatic heterocycles. The molecular weight excluding hydrogens is 312 g/mol. The van der Waals surface area contributed by atoms with Crippen molar-refractivity contribution in [3.63, 3.8) is 0 Å². The Morgan fingerprint density at radius 2 is 1.83 bits per heavy atom. The summed E-state index contributed by atoms with van der Waals surface area (Å²) in [5.74, 6) is -0.603.